The highest BCUT2D eigenvalue weighted by molar-refractivity contribution is 5.54. The first-order valence-corrected chi connectivity index (χ1v) is 9.68. The zero-order valence-corrected chi connectivity index (χ0v) is 15.4. The Kier molecular flexibility index (Phi) is 5.16. The molecule has 0 spiro atoms. The highest BCUT2D eigenvalue weighted by atomic mass is 15.2. The lowest BCUT2D eigenvalue weighted by molar-refractivity contribution is 0.139. The van der Waals surface area contributed by atoms with Crippen LogP contribution in [0.25, 0.3) is 11.4 Å². The first kappa shape index (κ1) is 17.0. The van der Waals surface area contributed by atoms with Gasteiger partial charge in [-0.3, -0.25) is 4.90 Å². The lowest BCUT2D eigenvalue weighted by atomic mass is 9.89. The van der Waals surface area contributed by atoms with Crippen LogP contribution in [0.3, 0.4) is 0 Å². The molecule has 0 aliphatic carbocycles. The van der Waals surface area contributed by atoms with Crippen LogP contribution in [0.5, 0.6) is 0 Å². The van der Waals surface area contributed by atoms with Gasteiger partial charge in [-0.25, -0.2) is 4.98 Å². The van der Waals surface area contributed by atoms with Gasteiger partial charge in [0.2, 0.25) is 0 Å². The Morgan fingerprint density at radius 1 is 1.00 bits per heavy atom. The standard InChI is InChI=1S/C23H27N3/c1-18(22-17-24-23(25-22)21-10-6-3-7-11-21)26-14-12-20(13-15-26)16-19-8-4-2-5-9-19/h2-11,17-18,20H,12-16H2,1H3,(H,24,25). The van der Waals surface area contributed by atoms with Gasteiger partial charge in [-0.2, -0.15) is 0 Å². The zero-order valence-electron chi connectivity index (χ0n) is 15.4. The Bertz CT molecular complexity index is 802. The van der Waals surface area contributed by atoms with Gasteiger partial charge in [0.1, 0.15) is 5.82 Å². The Morgan fingerprint density at radius 3 is 2.35 bits per heavy atom. The summed E-state index contributed by atoms with van der Waals surface area (Å²) in [6.45, 7) is 4.62. The van der Waals surface area contributed by atoms with Gasteiger partial charge in [-0.05, 0) is 50.8 Å². The van der Waals surface area contributed by atoms with Crippen molar-refractivity contribution in [3.05, 3.63) is 78.1 Å². The van der Waals surface area contributed by atoms with E-state index in [-0.39, 0.29) is 0 Å². The van der Waals surface area contributed by atoms with Gasteiger partial charge in [0, 0.05) is 11.6 Å². The van der Waals surface area contributed by atoms with Gasteiger partial charge in [-0.15, -0.1) is 0 Å². The minimum Gasteiger partial charge on any atom is -0.341 e. The summed E-state index contributed by atoms with van der Waals surface area (Å²) in [5, 5.41) is 0. The van der Waals surface area contributed by atoms with Gasteiger partial charge < -0.3 is 4.98 Å². The topological polar surface area (TPSA) is 31.9 Å². The molecule has 1 unspecified atom stereocenters. The van der Waals surface area contributed by atoms with E-state index >= 15 is 0 Å². The highest BCUT2D eigenvalue weighted by Crippen LogP contribution is 2.28. The average Bonchev–Trinajstić information content (AvgIpc) is 3.20. The van der Waals surface area contributed by atoms with Gasteiger partial charge in [-0.1, -0.05) is 60.7 Å². The van der Waals surface area contributed by atoms with E-state index < -0.39 is 0 Å². The Morgan fingerprint density at radius 2 is 1.65 bits per heavy atom. The number of hydrogen-bond donors (Lipinski definition) is 1. The number of hydrogen-bond acceptors (Lipinski definition) is 2. The number of imidazole rings is 1. The Hall–Kier alpha value is -2.39. The normalized spacial score (nSPS) is 17.3. The molecule has 1 aromatic heterocycles. The molecule has 3 nitrogen and oxygen atoms in total. The van der Waals surface area contributed by atoms with E-state index in [1.165, 1.54) is 43.6 Å². The highest BCUT2D eigenvalue weighted by Gasteiger charge is 2.24. The molecule has 1 atom stereocenters. The molecule has 1 aliphatic heterocycles. The maximum absolute atomic E-state index is 4.59. The van der Waals surface area contributed by atoms with Crippen molar-refractivity contribution in [2.24, 2.45) is 5.92 Å². The minimum atomic E-state index is 0.387. The van der Waals surface area contributed by atoms with Crippen molar-refractivity contribution in [3.63, 3.8) is 0 Å². The van der Waals surface area contributed by atoms with Gasteiger partial charge in [0.05, 0.1) is 11.9 Å². The van der Waals surface area contributed by atoms with E-state index in [1.807, 2.05) is 12.3 Å². The smallest absolute Gasteiger partial charge is 0.137 e. The molecule has 1 saturated heterocycles. The summed E-state index contributed by atoms with van der Waals surface area (Å²) in [5.41, 5.74) is 3.83. The third kappa shape index (κ3) is 3.88. The molecule has 134 valence electrons. The summed E-state index contributed by atoms with van der Waals surface area (Å²) in [4.78, 5) is 10.7. The summed E-state index contributed by atoms with van der Waals surface area (Å²) < 4.78 is 0. The van der Waals surface area contributed by atoms with E-state index in [2.05, 4.69) is 76.4 Å². The lowest BCUT2D eigenvalue weighted by Gasteiger charge is -2.35. The molecule has 4 rings (SSSR count). The lowest BCUT2D eigenvalue weighted by Crippen LogP contribution is -2.36. The van der Waals surface area contributed by atoms with Gasteiger partial charge in [0.15, 0.2) is 0 Å². The summed E-state index contributed by atoms with van der Waals surface area (Å²) in [6.07, 6.45) is 5.77. The van der Waals surface area contributed by atoms with E-state index in [4.69, 9.17) is 0 Å². The fourth-order valence-corrected chi connectivity index (χ4v) is 3.98. The number of nitrogens with one attached hydrogen (secondary N) is 1. The monoisotopic (exact) mass is 345 g/mol. The largest absolute Gasteiger partial charge is 0.341 e. The van der Waals surface area contributed by atoms with Crippen LogP contribution in [0, 0.1) is 5.92 Å². The summed E-state index contributed by atoms with van der Waals surface area (Å²) >= 11 is 0. The van der Waals surface area contributed by atoms with Crippen LogP contribution in [-0.2, 0) is 6.42 Å². The number of benzene rings is 2. The van der Waals surface area contributed by atoms with E-state index in [0.29, 0.717) is 6.04 Å². The number of likely N-dealkylation sites (tertiary alicyclic amines) is 1. The molecule has 0 saturated carbocycles. The second kappa shape index (κ2) is 7.88. The van der Waals surface area contributed by atoms with Crippen molar-refractivity contribution in [3.8, 4) is 11.4 Å². The minimum absolute atomic E-state index is 0.387. The Balaban J connectivity index is 1.35. The van der Waals surface area contributed by atoms with Crippen LogP contribution >= 0.6 is 0 Å². The van der Waals surface area contributed by atoms with Crippen molar-refractivity contribution < 1.29 is 0 Å². The second-order valence-corrected chi connectivity index (χ2v) is 7.40. The predicted molar refractivity (Wildman–Crippen MR) is 107 cm³/mol. The van der Waals surface area contributed by atoms with Crippen LogP contribution in [0.4, 0.5) is 0 Å². The molecule has 0 amide bonds. The third-order valence-electron chi connectivity index (χ3n) is 5.66. The van der Waals surface area contributed by atoms with Crippen molar-refractivity contribution >= 4 is 0 Å². The fraction of sp³-hybridized carbons (Fsp3) is 0.348. The number of aromatic amines is 1. The Labute approximate surface area is 156 Å². The first-order valence-electron chi connectivity index (χ1n) is 9.68. The molecule has 1 aliphatic rings. The number of aromatic nitrogens is 2. The molecule has 26 heavy (non-hydrogen) atoms. The molecule has 2 heterocycles. The van der Waals surface area contributed by atoms with Crippen LogP contribution in [0.15, 0.2) is 66.9 Å². The SMILES string of the molecule is CC(c1cnc(-c2ccccc2)[nH]1)N1CCC(Cc2ccccc2)CC1. The van der Waals surface area contributed by atoms with Crippen LogP contribution < -0.4 is 0 Å². The fourth-order valence-electron chi connectivity index (χ4n) is 3.98. The summed E-state index contributed by atoms with van der Waals surface area (Å²) in [6, 6.07) is 21.6. The summed E-state index contributed by atoms with van der Waals surface area (Å²) in [7, 11) is 0. The van der Waals surface area contributed by atoms with E-state index in [0.717, 1.165) is 17.3 Å². The molecule has 0 bridgehead atoms. The molecule has 0 radical (unpaired) electrons. The van der Waals surface area contributed by atoms with Crippen molar-refractivity contribution in [2.45, 2.75) is 32.2 Å². The average molecular weight is 345 g/mol. The molecule has 1 fully saturated rings. The van der Waals surface area contributed by atoms with Gasteiger partial charge >= 0.3 is 0 Å². The van der Waals surface area contributed by atoms with Crippen LogP contribution in [0.1, 0.15) is 37.1 Å². The molecular formula is C23H27N3. The van der Waals surface area contributed by atoms with E-state index in [9.17, 15) is 0 Å². The van der Waals surface area contributed by atoms with Crippen molar-refractivity contribution in [2.75, 3.05) is 13.1 Å². The molecule has 3 heteroatoms. The third-order valence-corrected chi connectivity index (χ3v) is 5.66. The van der Waals surface area contributed by atoms with E-state index in [1.54, 1.807) is 0 Å². The second-order valence-electron chi connectivity index (χ2n) is 7.40. The predicted octanol–water partition coefficient (Wildman–Crippen LogP) is 5.09. The number of rotatable bonds is 5. The zero-order chi connectivity index (χ0) is 17.8. The number of nitrogens with zero attached hydrogens (tertiary/aromatic N) is 2. The van der Waals surface area contributed by atoms with Gasteiger partial charge in [0.25, 0.3) is 0 Å². The van der Waals surface area contributed by atoms with Crippen LogP contribution in [-0.4, -0.2) is 28.0 Å². The maximum atomic E-state index is 4.59. The quantitative estimate of drug-likeness (QED) is 0.698. The van der Waals surface area contributed by atoms with Crippen molar-refractivity contribution in [1.29, 1.82) is 0 Å². The number of piperidine rings is 1. The van der Waals surface area contributed by atoms with Crippen molar-refractivity contribution in [1.82, 2.24) is 14.9 Å². The summed E-state index contributed by atoms with van der Waals surface area (Å²) in [5.74, 6) is 1.77. The molecule has 2 aromatic carbocycles. The maximum Gasteiger partial charge on any atom is 0.137 e. The van der Waals surface area contributed by atoms with Crippen LogP contribution in [0.2, 0.25) is 0 Å². The molecular weight excluding hydrogens is 318 g/mol. The molecule has 1 N–H and O–H groups in total. The first-order chi connectivity index (χ1) is 12.8. The number of H-pyrrole nitrogens is 1. The molecule has 3 aromatic rings.